The fraction of sp³-hybridized carbons (Fsp3) is 0.0952. The van der Waals surface area contributed by atoms with E-state index >= 15 is 0 Å². The minimum absolute atomic E-state index is 0.0663. The zero-order chi connectivity index (χ0) is 21.5. The Morgan fingerprint density at radius 3 is 2.57 bits per heavy atom. The molecule has 0 bridgehead atoms. The number of nitrogens with zero attached hydrogens (tertiary/aromatic N) is 2. The van der Waals surface area contributed by atoms with Crippen molar-refractivity contribution in [3.05, 3.63) is 87.2 Å². The number of aryl methyl sites for hydroxylation is 1. The lowest BCUT2D eigenvalue weighted by molar-refractivity contribution is -0.137. The first kappa shape index (κ1) is 19.8. The Balaban J connectivity index is 1.72. The number of aromatic nitrogens is 2. The summed E-state index contributed by atoms with van der Waals surface area (Å²) >= 11 is 1.25. The monoisotopic (exact) mass is 429 g/mol. The van der Waals surface area contributed by atoms with Gasteiger partial charge >= 0.3 is 6.18 Å². The number of rotatable bonds is 3. The van der Waals surface area contributed by atoms with Crippen LogP contribution in [0.4, 0.5) is 18.9 Å². The molecule has 4 aromatic rings. The maximum Gasteiger partial charge on any atom is 0.416 e. The highest BCUT2D eigenvalue weighted by Crippen LogP contribution is 2.30. The predicted octanol–water partition coefficient (Wildman–Crippen LogP) is 5.00. The number of anilines is 1. The molecule has 9 heteroatoms. The van der Waals surface area contributed by atoms with Gasteiger partial charge in [0.1, 0.15) is 5.56 Å². The first-order valence-electron chi connectivity index (χ1n) is 8.79. The number of hydrogen-bond donors (Lipinski definition) is 1. The van der Waals surface area contributed by atoms with Crippen molar-refractivity contribution in [2.75, 3.05) is 5.32 Å². The Labute approximate surface area is 172 Å². The smallest absolute Gasteiger partial charge is 0.322 e. The van der Waals surface area contributed by atoms with Gasteiger partial charge in [0.2, 0.25) is 0 Å². The molecule has 152 valence electrons. The summed E-state index contributed by atoms with van der Waals surface area (Å²) in [4.78, 5) is 30.2. The molecule has 0 unspecified atom stereocenters. The summed E-state index contributed by atoms with van der Waals surface area (Å²) in [5, 5.41) is 4.11. The van der Waals surface area contributed by atoms with Crippen LogP contribution in [0.5, 0.6) is 0 Å². The van der Waals surface area contributed by atoms with E-state index < -0.39 is 23.2 Å². The highest BCUT2D eigenvalue weighted by atomic mass is 32.1. The Morgan fingerprint density at radius 1 is 1.13 bits per heavy atom. The summed E-state index contributed by atoms with van der Waals surface area (Å²) < 4.78 is 40.0. The Bertz CT molecular complexity index is 1310. The summed E-state index contributed by atoms with van der Waals surface area (Å²) in [6.07, 6.45) is -3.41. The SMILES string of the molecule is Cc1ccc(-c2csc3ncc(C(=O)Nc4cccc(C(F)(F)F)c4)c(=O)n23)cc1. The fourth-order valence-electron chi connectivity index (χ4n) is 2.95. The maximum atomic E-state index is 13.0. The van der Waals surface area contributed by atoms with Crippen molar-refractivity contribution in [2.45, 2.75) is 13.1 Å². The second kappa shape index (κ2) is 7.42. The molecule has 0 aliphatic carbocycles. The van der Waals surface area contributed by atoms with E-state index in [2.05, 4.69) is 10.3 Å². The molecule has 0 aliphatic rings. The van der Waals surface area contributed by atoms with Gasteiger partial charge in [-0.25, -0.2) is 4.98 Å². The number of hydrogen-bond acceptors (Lipinski definition) is 4. The van der Waals surface area contributed by atoms with Crippen molar-refractivity contribution in [3.8, 4) is 11.3 Å². The van der Waals surface area contributed by atoms with Crippen molar-refractivity contribution >= 4 is 27.9 Å². The van der Waals surface area contributed by atoms with Crippen LogP contribution in [0.1, 0.15) is 21.5 Å². The number of benzene rings is 2. The average molecular weight is 429 g/mol. The maximum absolute atomic E-state index is 13.0. The second-order valence-corrected chi connectivity index (χ2v) is 7.45. The molecule has 0 fully saturated rings. The van der Waals surface area contributed by atoms with Crippen LogP contribution in [0, 0.1) is 6.92 Å². The first-order valence-corrected chi connectivity index (χ1v) is 9.67. The molecule has 1 N–H and O–H groups in total. The largest absolute Gasteiger partial charge is 0.416 e. The van der Waals surface area contributed by atoms with E-state index in [1.165, 1.54) is 27.9 Å². The van der Waals surface area contributed by atoms with Gasteiger partial charge in [-0.2, -0.15) is 13.2 Å². The van der Waals surface area contributed by atoms with Gasteiger partial charge in [-0.05, 0) is 30.7 Å². The lowest BCUT2D eigenvalue weighted by Crippen LogP contribution is -2.26. The molecular formula is C21H14F3N3O2S. The first-order chi connectivity index (χ1) is 14.2. The van der Waals surface area contributed by atoms with Crippen LogP contribution in [0.2, 0.25) is 0 Å². The van der Waals surface area contributed by atoms with Gasteiger partial charge in [0, 0.05) is 17.3 Å². The summed E-state index contributed by atoms with van der Waals surface area (Å²) in [5.41, 5.74) is 0.601. The molecule has 0 saturated heterocycles. The van der Waals surface area contributed by atoms with Gasteiger partial charge in [-0.3, -0.25) is 14.0 Å². The van der Waals surface area contributed by atoms with Crippen LogP contribution in [0.3, 0.4) is 0 Å². The Hall–Kier alpha value is -3.46. The molecule has 4 rings (SSSR count). The van der Waals surface area contributed by atoms with E-state index in [0.29, 0.717) is 10.7 Å². The number of alkyl halides is 3. The molecule has 2 aromatic heterocycles. The Kier molecular flexibility index (Phi) is 4.90. The van der Waals surface area contributed by atoms with E-state index in [1.807, 2.05) is 31.2 Å². The third kappa shape index (κ3) is 3.71. The number of amides is 1. The number of nitrogens with one attached hydrogen (secondary N) is 1. The van der Waals surface area contributed by atoms with Crippen LogP contribution >= 0.6 is 11.3 Å². The van der Waals surface area contributed by atoms with Crippen molar-refractivity contribution in [1.29, 1.82) is 0 Å². The summed E-state index contributed by atoms with van der Waals surface area (Å²) in [7, 11) is 0. The van der Waals surface area contributed by atoms with Gasteiger partial charge in [0.15, 0.2) is 4.96 Å². The highest BCUT2D eigenvalue weighted by Gasteiger charge is 2.30. The Morgan fingerprint density at radius 2 is 1.87 bits per heavy atom. The number of halogens is 3. The molecule has 30 heavy (non-hydrogen) atoms. The minimum Gasteiger partial charge on any atom is -0.322 e. The van der Waals surface area contributed by atoms with Gasteiger partial charge in [0.25, 0.3) is 11.5 Å². The quantitative estimate of drug-likeness (QED) is 0.498. The molecule has 0 spiro atoms. The van der Waals surface area contributed by atoms with Crippen LogP contribution in [-0.4, -0.2) is 15.3 Å². The van der Waals surface area contributed by atoms with Crippen molar-refractivity contribution < 1.29 is 18.0 Å². The summed E-state index contributed by atoms with van der Waals surface area (Å²) in [6.45, 7) is 1.94. The summed E-state index contributed by atoms with van der Waals surface area (Å²) in [6, 6.07) is 11.7. The molecule has 0 aliphatic heterocycles. The number of thiazole rings is 1. The zero-order valence-electron chi connectivity index (χ0n) is 15.5. The lowest BCUT2D eigenvalue weighted by atomic mass is 10.1. The van der Waals surface area contributed by atoms with Crippen molar-refractivity contribution in [3.63, 3.8) is 0 Å². The third-order valence-corrected chi connectivity index (χ3v) is 5.33. The van der Waals surface area contributed by atoms with E-state index in [9.17, 15) is 22.8 Å². The molecule has 1 amide bonds. The van der Waals surface area contributed by atoms with Crippen molar-refractivity contribution in [1.82, 2.24) is 9.38 Å². The fourth-order valence-corrected chi connectivity index (χ4v) is 3.80. The molecule has 5 nitrogen and oxygen atoms in total. The van der Waals surface area contributed by atoms with Gasteiger partial charge in [-0.1, -0.05) is 35.9 Å². The minimum atomic E-state index is -4.54. The average Bonchev–Trinajstić information content (AvgIpc) is 3.13. The highest BCUT2D eigenvalue weighted by molar-refractivity contribution is 7.15. The predicted molar refractivity (Wildman–Crippen MR) is 109 cm³/mol. The van der Waals surface area contributed by atoms with Gasteiger partial charge in [0.05, 0.1) is 11.3 Å². The molecule has 2 aromatic carbocycles. The number of carbonyl (C=O) groups is 1. The zero-order valence-corrected chi connectivity index (χ0v) is 16.3. The third-order valence-electron chi connectivity index (χ3n) is 4.49. The van der Waals surface area contributed by atoms with Crippen LogP contribution in [-0.2, 0) is 6.18 Å². The van der Waals surface area contributed by atoms with Crippen LogP contribution < -0.4 is 10.9 Å². The number of carbonyl (C=O) groups excluding carboxylic acids is 1. The van der Waals surface area contributed by atoms with E-state index in [1.54, 1.807) is 5.38 Å². The van der Waals surface area contributed by atoms with Crippen molar-refractivity contribution in [2.24, 2.45) is 0 Å². The van der Waals surface area contributed by atoms with E-state index in [0.717, 1.165) is 29.5 Å². The van der Waals surface area contributed by atoms with Gasteiger partial charge < -0.3 is 5.32 Å². The van der Waals surface area contributed by atoms with E-state index in [-0.39, 0.29) is 11.3 Å². The second-order valence-electron chi connectivity index (χ2n) is 6.61. The summed E-state index contributed by atoms with van der Waals surface area (Å²) in [5.74, 6) is -0.831. The van der Waals surface area contributed by atoms with E-state index in [4.69, 9.17) is 0 Å². The van der Waals surface area contributed by atoms with Crippen LogP contribution in [0.25, 0.3) is 16.2 Å². The molecular weight excluding hydrogens is 415 g/mol. The molecule has 2 heterocycles. The van der Waals surface area contributed by atoms with Crippen LogP contribution in [0.15, 0.2) is 64.9 Å². The standard InChI is InChI=1S/C21H14F3N3O2S/c1-12-5-7-13(8-6-12)17-11-30-20-25-10-16(19(29)27(17)20)18(28)26-15-4-2-3-14(9-15)21(22,23)24/h2-11H,1H3,(H,26,28). The molecule has 0 atom stereocenters. The van der Waals surface area contributed by atoms with Gasteiger partial charge in [-0.15, -0.1) is 11.3 Å². The number of fused-ring (bicyclic) bond motifs is 1. The topological polar surface area (TPSA) is 63.5 Å². The lowest BCUT2D eigenvalue weighted by Gasteiger charge is -2.10. The molecule has 0 saturated carbocycles. The normalized spacial score (nSPS) is 11.6. The molecule has 0 radical (unpaired) electrons.